The van der Waals surface area contributed by atoms with Crippen LogP contribution < -0.4 is 0 Å². The number of ether oxygens (including phenoxy) is 2. The van der Waals surface area contributed by atoms with Gasteiger partial charge in [0.15, 0.2) is 5.78 Å². The van der Waals surface area contributed by atoms with E-state index in [1.165, 1.54) is 14.2 Å². The standard InChI is InChI=1S/C9H16O4/c1-6(2)8(9(11)13-4)7(10)5-12-3/h6,8H,5H2,1-4H3. The van der Waals surface area contributed by atoms with Gasteiger partial charge in [-0.2, -0.15) is 0 Å². The first-order chi connectivity index (χ1) is 6.04. The van der Waals surface area contributed by atoms with Crippen molar-refractivity contribution >= 4 is 11.8 Å². The molecule has 0 fully saturated rings. The van der Waals surface area contributed by atoms with Gasteiger partial charge in [-0.15, -0.1) is 0 Å². The third-order valence-electron chi connectivity index (χ3n) is 1.76. The normalized spacial score (nSPS) is 12.7. The predicted molar refractivity (Wildman–Crippen MR) is 47.2 cm³/mol. The molecule has 0 saturated carbocycles. The largest absolute Gasteiger partial charge is 0.468 e. The van der Waals surface area contributed by atoms with Gasteiger partial charge in [0.2, 0.25) is 0 Å². The van der Waals surface area contributed by atoms with Crippen LogP contribution in [0.5, 0.6) is 0 Å². The predicted octanol–water partition coefficient (Wildman–Crippen LogP) is 0.647. The van der Waals surface area contributed by atoms with E-state index in [2.05, 4.69) is 9.47 Å². The van der Waals surface area contributed by atoms with Crippen LogP contribution in [0.3, 0.4) is 0 Å². The Morgan fingerprint density at radius 2 is 1.77 bits per heavy atom. The molecule has 0 bridgehead atoms. The SMILES string of the molecule is COCC(=O)C(C(=O)OC)C(C)C. The molecule has 1 atom stereocenters. The van der Waals surface area contributed by atoms with Crippen molar-refractivity contribution in [1.29, 1.82) is 0 Å². The number of Topliss-reactive ketones (excluding diaryl/α,β-unsaturated/α-hetero) is 1. The van der Waals surface area contributed by atoms with E-state index in [0.717, 1.165) is 0 Å². The summed E-state index contributed by atoms with van der Waals surface area (Å²) in [6.45, 7) is 3.56. The maximum Gasteiger partial charge on any atom is 0.316 e. The Morgan fingerprint density at radius 1 is 1.23 bits per heavy atom. The maximum absolute atomic E-state index is 11.4. The summed E-state index contributed by atoms with van der Waals surface area (Å²) in [5, 5.41) is 0. The quantitative estimate of drug-likeness (QED) is 0.469. The summed E-state index contributed by atoms with van der Waals surface area (Å²) in [6.07, 6.45) is 0. The average molecular weight is 188 g/mol. The minimum Gasteiger partial charge on any atom is -0.468 e. The van der Waals surface area contributed by atoms with E-state index >= 15 is 0 Å². The van der Waals surface area contributed by atoms with Gasteiger partial charge in [-0.25, -0.2) is 0 Å². The molecule has 0 aliphatic rings. The second kappa shape index (κ2) is 5.70. The summed E-state index contributed by atoms with van der Waals surface area (Å²) >= 11 is 0. The molecular weight excluding hydrogens is 172 g/mol. The molecule has 4 nitrogen and oxygen atoms in total. The fourth-order valence-corrected chi connectivity index (χ4v) is 1.13. The van der Waals surface area contributed by atoms with Gasteiger partial charge in [-0.3, -0.25) is 9.59 Å². The Bertz CT molecular complexity index is 186. The Labute approximate surface area is 78.2 Å². The zero-order valence-corrected chi connectivity index (χ0v) is 8.49. The lowest BCUT2D eigenvalue weighted by atomic mass is 9.92. The summed E-state index contributed by atoms with van der Waals surface area (Å²) in [5.41, 5.74) is 0. The third-order valence-corrected chi connectivity index (χ3v) is 1.76. The van der Waals surface area contributed by atoms with Gasteiger partial charge in [0.05, 0.1) is 7.11 Å². The second-order valence-electron chi connectivity index (χ2n) is 3.14. The van der Waals surface area contributed by atoms with Gasteiger partial charge >= 0.3 is 5.97 Å². The van der Waals surface area contributed by atoms with Crippen molar-refractivity contribution < 1.29 is 19.1 Å². The molecule has 4 heteroatoms. The minimum atomic E-state index is -0.704. The van der Waals surface area contributed by atoms with E-state index in [1.807, 2.05) is 0 Å². The first kappa shape index (κ1) is 12.1. The lowest BCUT2D eigenvalue weighted by Gasteiger charge is -2.16. The molecule has 1 unspecified atom stereocenters. The van der Waals surface area contributed by atoms with Crippen LogP contribution in [0.2, 0.25) is 0 Å². The van der Waals surface area contributed by atoms with Crippen LogP contribution in [-0.2, 0) is 19.1 Å². The highest BCUT2D eigenvalue weighted by Crippen LogP contribution is 2.13. The number of carbonyl (C=O) groups is 2. The summed E-state index contributed by atoms with van der Waals surface area (Å²) in [6, 6.07) is 0. The van der Waals surface area contributed by atoms with Crippen LogP contribution in [0.1, 0.15) is 13.8 Å². The van der Waals surface area contributed by atoms with E-state index in [1.54, 1.807) is 13.8 Å². The number of methoxy groups -OCH3 is 2. The van der Waals surface area contributed by atoms with Crippen molar-refractivity contribution in [2.45, 2.75) is 13.8 Å². The van der Waals surface area contributed by atoms with Crippen molar-refractivity contribution in [1.82, 2.24) is 0 Å². The van der Waals surface area contributed by atoms with Crippen molar-refractivity contribution in [2.24, 2.45) is 11.8 Å². The summed E-state index contributed by atoms with van der Waals surface area (Å²) < 4.78 is 9.20. The van der Waals surface area contributed by atoms with E-state index in [0.29, 0.717) is 0 Å². The maximum atomic E-state index is 11.4. The zero-order chi connectivity index (χ0) is 10.4. The van der Waals surface area contributed by atoms with E-state index in [9.17, 15) is 9.59 Å². The Morgan fingerprint density at radius 3 is 2.08 bits per heavy atom. The van der Waals surface area contributed by atoms with Crippen LogP contribution in [-0.4, -0.2) is 32.6 Å². The fraction of sp³-hybridized carbons (Fsp3) is 0.778. The molecule has 0 aliphatic heterocycles. The molecule has 0 aliphatic carbocycles. The van der Waals surface area contributed by atoms with Gasteiger partial charge in [0.25, 0.3) is 0 Å². The molecule has 0 rings (SSSR count). The number of rotatable bonds is 5. The van der Waals surface area contributed by atoms with Gasteiger partial charge in [0, 0.05) is 7.11 Å². The first-order valence-corrected chi connectivity index (χ1v) is 4.14. The molecule has 0 aromatic carbocycles. The molecule has 0 aromatic heterocycles. The first-order valence-electron chi connectivity index (χ1n) is 4.14. The lowest BCUT2D eigenvalue weighted by molar-refractivity contribution is -0.152. The molecule has 0 N–H and O–H groups in total. The van der Waals surface area contributed by atoms with Crippen LogP contribution >= 0.6 is 0 Å². The average Bonchev–Trinajstić information content (AvgIpc) is 2.04. The molecule has 0 radical (unpaired) electrons. The smallest absolute Gasteiger partial charge is 0.316 e. The Balaban J connectivity index is 4.41. The molecule has 0 heterocycles. The lowest BCUT2D eigenvalue weighted by Crippen LogP contribution is -2.32. The van der Waals surface area contributed by atoms with E-state index < -0.39 is 11.9 Å². The molecule has 13 heavy (non-hydrogen) atoms. The number of ketones is 1. The number of hydrogen-bond donors (Lipinski definition) is 0. The van der Waals surface area contributed by atoms with Gasteiger partial charge in [-0.05, 0) is 5.92 Å². The molecule has 0 saturated heterocycles. The van der Waals surface area contributed by atoms with Crippen LogP contribution in [0.25, 0.3) is 0 Å². The molecule has 0 aromatic rings. The van der Waals surface area contributed by atoms with Crippen molar-refractivity contribution in [3.63, 3.8) is 0 Å². The molecular formula is C9H16O4. The molecule has 76 valence electrons. The number of esters is 1. The summed E-state index contributed by atoms with van der Waals surface area (Å²) in [5.74, 6) is -1.48. The monoisotopic (exact) mass is 188 g/mol. The number of carbonyl (C=O) groups excluding carboxylic acids is 2. The minimum absolute atomic E-state index is 0.0437. The summed E-state index contributed by atoms with van der Waals surface area (Å²) in [4.78, 5) is 22.5. The highest BCUT2D eigenvalue weighted by Gasteiger charge is 2.30. The summed E-state index contributed by atoms with van der Waals surface area (Å²) in [7, 11) is 2.70. The number of hydrogen-bond acceptors (Lipinski definition) is 4. The van der Waals surface area contributed by atoms with Gasteiger partial charge < -0.3 is 9.47 Å². The fourth-order valence-electron chi connectivity index (χ4n) is 1.13. The topological polar surface area (TPSA) is 52.6 Å². The Hall–Kier alpha value is -0.900. The highest BCUT2D eigenvalue weighted by molar-refractivity contribution is 5.99. The van der Waals surface area contributed by atoms with Gasteiger partial charge in [0.1, 0.15) is 12.5 Å². The molecule has 0 amide bonds. The van der Waals surface area contributed by atoms with Crippen LogP contribution in [0, 0.1) is 11.8 Å². The van der Waals surface area contributed by atoms with Crippen LogP contribution in [0.15, 0.2) is 0 Å². The van der Waals surface area contributed by atoms with Crippen molar-refractivity contribution in [2.75, 3.05) is 20.8 Å². The highest BCUT2D eigenvalue weighted by atomic mass is 16.5. The van der Waals surface area contributed by atoms with Gasteiger partial charge in [-0.1, -0.05) is 13.8 Å². The zero-order valence-electron chi connectivity index (χ0n) is 8.49. The Kier molecular flexibility index (Phi) is 5.30. The molecule has 0 spiro atoms. The van der Waals surface area contributed by atoms with Crippen molar-refractivity contribution in [3.8, 4) is 0 Å². The second-order valence-corrected chi connectivity index (χ2v) is 3.14. The third kappa shape index (κ3) is 3.55. The van der Waals surface area contributed by atoms with E-state index in [4.69, 9.17) is 0 Å². The van der Waals surface area contributed by atoms with E-state index in [-0.39, 0.29) is 18.3 Å². The van der Waals surface area contributed by atoms with Crippen molar-refractivity contribution in [3.05, 3.63) is 0 Å². The van der Waals surface area contributed by atoms with Crippen LogP contribution in [0.4, 0.5) is 0 Å².